The molecule has 0 radical (unpaired) electrons. The molecule has 1 atom stereocenters. The van der Waals surface area contributed by atoms with Crippen LogP contribution in [0.3, 0.4) is 0 Å². The van der Waals surface area contributed by atoms with Gasteiger partial charge in [0.15, 0.2) is 0 Å². The van der Waals surface area contributed by atoms with Crippen molar-refractivity contribution < 1.29 is 4.42 Å². The molecule has 1 aromatic heterocycles. The third-order valence-corrected chi connectivity index (χ3v) is 2.38. The topological polar surface area (TPSA) is 39.2 Å². The van der Waals surface area contributed by atoms with Crippen molar-refractivity contribution in [2.75, 3.05) is 0 Å². The third-order valence-electron chi connectivity index (χ3n) is 2.38. The quantitative estimate of drug-likeness (QED) is 0.702. The Morgan fingerprint density at radius 2 is 2.27 bits per heavy atom. The molecule has 1 aromatic rings. The zero-order valence-electron chi connectivity index (χ0n) is 6.71. The normalized spacial score (nSPS) is 20.2. The molecule has 60 valence electrons. The Kier molecular flexibility index (Phi) is 1.50. The molecule has 0 unspecified atom stereocenters. The Labute approximate surface area is 66.4 Å². The third kappa shape index (κ3) is 1.18. The van der Waals surface area contributed by atoms with E-state index >= 15 is 0 Å². The van der Waals surface area contributed by atoms with Crippen LogP contribution in [-0.4, -0.2) is 0 Å². The molecule has 2 rings (SSSR count). The van der Waals surface area contributed by atoms with Gasteiger partial charge in [-0.05, 0) is 31.2 Å². The molecule has 2 N–H and O–H groups in total. The summed E-state index contributed by atoms with van der Waals surface area (Å²) in [5, 5.41) is 0. The van der Waals surface area contributed by atoms with Gasteiger partial charge in [-0.3, -0.25) is 0 Å². The molecule has 11 heavy (non-hydrogen) atoms. The second kappa shape index (κ2) is 2.38. The van der Waals surface area contributed by atoms with E-state index in [1.54, 1.807) is 12.5 Å². The molecule has 2 nitrogen and oxygen atoms in total. The maximum Gasteiger partial charge on any atom is 0.0953 e. The largest absolute Gasteiger partial charge is 0.472 e. The van der Waals surface area contributed by atoms with Crippen LogP contribution in [0.15, 0.2) is 16.9 Å². The fraction of sp³-hybridized carbons (Fsp3) is 0.556. The van der Waals surface area contributed by atoms with E-state index in [2.05, 4.69) is 0 Å². The van der Waals surface area contributed by atoms with Gasteiger partial charge in [-0.1, -0.05) is 0 Å². The van der Waals surface area contributed by atoms with Crippen molar-refractivity contribution in [3.8, 4) is 0 Å². The second-order valence-corrected chi connectivity index (χ2v) is 3.37. The summed E-state index contributed by atoms with van der Waals surface area (Å²) in [6.07, 6.45) is 6.10. The van der Waals surface area contributed by atoms with Crippen molar-refractivity contribution in [1.29, 1.82) is 0 Å². The average Bonchev–Trinajstić information content (AvgIpc) is 2.74. The van der Waals surface area contributed by atoms with Gasteiger partial charge in [0.1, 0.15) is 0 Å². The molecule has 2 heteroatoms. The summed E-state index contributed by atoms with van der Waals surface area (Å²) >= 11 is 0. The van der Waals surface area contributed by atoms with Gasteiger partial charge >= 0.3 is 0 Å². The van der Waals surface area contributed by atoms with E-state index in [0.717, 1.165) is 0 Å². The lowest BCUT2D eigenvalue weighted by molar-refractivity contribution is 0.551. The van der Waals surface area contributed by atoms with Gasteiger partial charge < -0.3 is 10.2 Å². The van der Waals surface area contributed by atoms with Gasteiger partial charge in [0.2, 0.25) is 0 Å². The van der Waals surface area contributed by atoms with E-state index < -0.39 is 0 Å². The molecule has 0 aromatic carbocycles. The van der Waals surface area contributed by atoms with Crippen molar-refractivity contribution in [2.24, 2.45) is 11.7 Å². The van der Waals surface area contributed by atoms with Gasteiger partial charge in [-0.15, -0.1) is 0 Å². The highest BCUT2D eigenvalue weighted by Gasteiger charge is 2.30. The smallest absolute Gasteiger partial charge is 0.0953 e. The van der Waals surface area contributed by atoms with Gasteiger partial charge in [-0.25, -0.2) is 0 Å². The van der Waals surface area contributed by atoms with Gasteiger partial charge in [0.05, 0.1) is 12.5 Å². The minimum absolute atomic E-state index is 0.216. The zero-order chi connectivity index (χ0) is 7.84. The molecular formula is C9H13NO. The summed E-state index contributed by atoms with van der Waals surface area (Å²) in [4.78, 5) is 0. The second-order valence-electron chi connectivity index (χ2n) is 3.37. The lowest BCUT2D eigenvalue weighted by Gasteiger charge is -2.07. The van der Waals surface area contributed by atoms with Crippen molar-refractivity contribution in [2.45, 2.75) is 25.8 Å². The monoisotopic (exact) mass is 151 g/mol. The summed E-state index contributed by atoms with van der Waals surface area (Å²) in [5.41, 5.74) is 8.36. The molecule has 0 bridgehead atoms. The van der Waals surface area contributed by atoms with E-state index in [9.17, 15) is 0 Å². The van der Waals surface area contributed by atoms with Gasteiger partial charge in [0, 0.05) is 11.6 Å². The van der Waals surface area contributed by atoms with Crippen molar-refractivity contribution in [1.82, 2.24) is 0 Å². The van der Waals surface area contributed by atoms with Gasteiger partial charge in [0.25, 0.3) is 0 Å². The standard InChI is InChI=1S/C9H13NO/c1-6-4-11-5-8(6)9(10)7-2-3-7/h4-5,7,9H,2-3,10H2,1H3/t9-/m0/s1. The van der Waals surface area contributed by atoms with Crippen LogP contribution in [0.1, 0.15) is 30.0 Å². The van der Waals surface area contributed by atoms with Crippen molar-refractivity contribution >= 4 is 0 Å². The molecule has 1 heterocycles. The van der Waals surface area contributed by atoms with E-state index in [-0.39, 0.29) is 6.04 Å². The Morgan fingerprint density at radius 3 is 2.73 bits per heavy atom. The predicted molar refractivity (Wildman–Crippen MR) is 43.1 cm³/mol. The highest BCUT2D eigenvalue weighted by atomic mass is 16.3. The van der Waals surface area contributed by atoms with Crippen molar-refractivity contribution in [3.05, 3.63) is 23.7 Å². The molecule has 1 aliphatic carbocycles. The van der Waals surface area contributed by atoms with Crippen LogP contribution in [0.4, 0.5) is 0 Å². The average molecular weight is 151 g/mol. The Hall–Kier alpha value is -0.760. The first-order valence-corrected chi connectivity index (χ1v) is 4.07. The Bertz CT molecular complexity index is 250. The molecule has 0 amide bonds. The maximum absolute atomic E-state index is 5.99. The molecule has 0 aliphatic heterocycles. The molecule has 1 fully saturated rings. The number of aryl methyl sites for hydroxylation is 1. The molecule has 0 saturated heterocycles. The Balaban J connectivity index is 2.20. The van der Waals surface area contributed by atoms with Crippen LogP contribution in [0.25, 0.3) is 0 Å². The van der Waals surface area contributed by atoms with Gasteiger partial charge in [-0.2, -0.15) is 0 Å². The fourth-order valence-corrected chi connectivity index (χ4v) is 1.42. The molecule has 1 aliphatic rings. The molecule has 1 saturated carbocycles. The summed E-state index contributed by atoms with van der Waals surface area (Å²) in [5.74, 6) is 0.714. The van der Waals surface area contributed by atoms with E-state index in [1.807, 2.05) is 6.92 Å². The zero-order valence-corrected chi connectivity index (χ0v) is 6.71. The first kappa shape index (κ1) is 6.92. The maximum atomic E-state index is 5.99. The lowest BCUT2D eigenvalue weighted by atomic mass is 10.0. The number of hydrogen-bond acceptors (Lipinski definition) is 2. The molecular weight excluding hydrogens is 138 g/mol. The minimum Gasteiger partial charge on any atom is -0.472 e. The van der Waals surface area contributed by atoms with Crippen molar-refractivity contribution in [3.63, 3.8) is 0 Å². The summed E-state index contributed by atoms with van der Waals surface area (Å²) in [7, 11) is 0. The predicted octanol–water partition coefficient (Wildman–Crippen LogP) is 2.00. The van der Waals surface area contributed by atoms with Crippen LogP contribution in [0, 0.1) is 12.8 Å². The molecule has 0 spiro atoms. The highest BCUT2D eigenvalue weighted by Crippen LogP contribution is 2.40. The van der Waals surface area contributed by atoms with Crippen LogP contribution < -0.4 is 5.73 Å². The minimum atomic E-state index is 0.216. The van der Waals surface area contributed by atoms with E-state index in [4.69, 9.17) is 10.2 Å². The summed E-state index contributed by atoms with van der Waals surface area (Å²) < 4.78 is 5.06. The number of furan rings is 1. The summed E-state index contributed by atoms with van der Waals surface area (Å²) in [6.45, 7) is 2.04. The van der Waals surface area contributed by atoms with Crippen LogP contribution in [0.2, 0.25) is 0 Å². The Morgan fingerprint density at radius 1 is 1.55 bits per heavy atom. The SMILES string of the molecule is Cc1cocc1[C@@H](N)C1CC1. The van der Waals surface area contributed by atoms with E-state index in [1.165, 1.54) is 24.0 Å². The number of nitrogens with two attached hydrogens (primary N) is 1. The summed E-state index contributed by atoms with van der Waals surface area (Å²) in [6, 6.07) is 0.216. The van der Waals surface area contributed by atoms with Crippen LogP contribution in [0.5, 0.6) is 0 Å². The first-order valence-electron chi connectivity index (χ1n) is 4.07. The lowest BCUT2D eigenvalue weighted by Crippen LogP contribution is -2.12. The fourth-order valence-electron chi connectivity index (χ4n) is 1.42. The number of rotatable bonds is 2. The first-order chi connectivity index (χ1) is 5.29. The number of hydrogen-bond donors (Lipinski definition) is 1. The highest BCUT2D eigenvalue weighted by molar-refractivity contribution is 5.24. The van der Waals surface area contributed by atoms with Crippen LogP contribution in [-0.2, 0) is 0 Å². The van der Waals surface area contributed by atoms with Crippen LogP contribution >= 0.6 is 0 Å². The van der Waals surface area contributed by atoms with E-state index in [0.29, 0.717) is 5.92 Å².